The highest BCUT2D eigenvalue weighted by Gasteiger charge is 1.99. The van der Waals surface area contributed by atoms with E-state index in [0.717, 1.165) is 17.6 Å². The molecule has 54 valence electrons. The Kier molecular flexibility index (Phi) is 5.13. The summed E-state index contributed by atoms with van der Waals surface area (Å²) in [7, 11) is 0. The molecule has 0 bridgehead atoms. The minimum atomic E-state index is 0.376. The van der Waals surface area contributed by atoms with Crippen molar-refractivity contribution in [2.24, 2.45) is 10.9 Å². The molecule has 9 heavy (non-hydrogen) atoms. The molecular formula is C5H12N2S2. The van der Waals surface area contributed by atoms with Crippen molar-refractivity contribution in [3.63, 3.8) is 0 Å². The highest BCUT2D eigenvalue weighted by Crippen LogP contribution is 2.12. The molecule has 0 aliphatic rings. The SMILES string of the molecule is CSC(C)/C(N)=C\SN. The van der Waals surface area contributed by atoms with Gasteiger partial charge in [0.1, 0.15) is 0 Å². The fraction of sp³-hybridized carbons (Fsp3) is 0.600. The lowest BCUT2D eigenvalue weighted by Crippen LogP contribution is -2.09. The quantitative estimate of drug-likeness (QED) is 0.614. The van der Waals surface area contributed by atoms with Gasteiger partial charge in [0.2, 0.25) is 0 Å². The van der Waals surface area contributed by atoms with Crippen molar-refractivity contribution in [2.75, 3.05) is 6.26 Å². The maximum absolute atomic E-state index is 5.58. The highest BCUT2D eigenvalue weighted by molar-refractivity contribution is 8.00. The molecule has 0 radical (unpaired) electrons. The molecule has 0 saturated carbocycles. The van der Waals surface area contributed by atoms with Gasteiger partial charge in [0, 0.05) is 16.4 Å². The van der Waals surface area contributed by atoms with Crippen LogP contribution < -0.4 is 10.9 Å². The third kappa shape index (κ3) is 3.72. The lowest BCUT2D eigenvalue weighted by Gasteiger charge is -2.06. The molecular weight excluding hydrogens is 152 g/mol. The van der Waals surface area contributed by atoms with Gasteiger partial charge in [-0.15, -0.1) is 0 Å². The molecule has 1 atom stereocenters. The second-order valence-electron chi connectivity index (χ2n) is 1.63. The Hall–Kier alpha value is 0.200. The molecule has 1 unspecified atom stereocenters. The molecule has 0 aromatic carbocycles. The van der Waals surface area contributed by atoms with Crippen LogP contribution in [-0.2, 0) is 0 Å². The van der Waals surface area contributed by atoms with Crippen molar-refractivity contribution in [1.82, 2.24) is 0 Å². The molecule has 0 fully saturated rings. The first-order valence-electron chi connectivity index (χ1n) is 2.56. The van der Waals surface area contributed by atoms with Gasteiger partial charge in [-0.1, -0.05) is 11.9 Å². The minimum absolute atomic E-state index is 0.376. The average molecular weight is 164 g/mol. The lowest BCUT2D eigenvalue weighted by atomic mass is 10.4. The molecule has 0 spiro atoms. The van der Waals surface area contributed by atoms with Gasteiger partial charge in [0.15, 0.2) is 0 Å². The topological polar surface area (TPSA) is 52.0 Å². The van der Waals surface area contributed by atoms with Crippen LogP contribution in [0.15, 0.2) is 11.1 Å². The summed E-state index contributed by atoms with van der Waals surface area (Å²) in [6, 6.07) is 0. The van der Waals surface area contributed by atoms with Crippen molar-refractivity contribution in [2.45, 2.75) is 12.2 Å². The number of nitrogens with two attached hydrogens (primary N) is 2. The van der Waals surface area contributed by atoms with Crippen LogP contribution in [0.2, 0.25) is 0 Å². The third-order valence-corrected chi connectivity index (χ3v) is 2.41. The predicted molar refractivity (Wildman–Crippen MR) is 47.0 cm³/mol. The molecule has 0 aromatic rings. The van der Waals surface area contributed by atoms with E-state index < -0.39 is 0 Å². The van der Waals surface area contributed by atoms with Gasteiger partial charge < -0.3 is 5.73 Å². The van der Waals surface area contributed by atoms with E-state index in [1.54, 1.807) is 17.2 Å². The van der Waals surface area contributed by atoms with E-state index >= 15 is 0 Å². The smallest absolute Gasteiger partial charge is 0.0417 e. The maximum atomic E-state index is 5.58. The summed E-state index contributed by atoms with van der Waals surface area (Å²) in [4.78, 5) is 0. The van der Waals surface area contributed by atoms with Crippen molar-refractivity contribution in [3.8, 4) is 0 Å². The van der Waals surface area contributed by atoms with Crippen LogP contribution in [0.3, 0.4) is 0 Å². The monoisotopic (exact) mass is 164 g/mol. The van der Waals surface area contributed by atoms with Crippen LogP contribution in [0.5, 0.6) is 0 Å². The molecule has 4 N–H and O–H groups in total. The zero-order valence-electron chi connectivity index (χ0n) is 5.63. The summed E-state index contributed by atoms with van der Waals surface area (Å²) in [6.45, 7) is 2.05. The van der Waals surface area contributed by atoms with E-state index in [2.05, 4.69) is 0 Å². The fourth-order valence-corrected chi connectivity index (χ4v) is 1.10. The Morgan fingerprint density at radius 2 is 2.22 bits per heavy atom. The number of hydrogen-bond donors (Lipinski definition) is 2. The van der Waals surface area contributed by atoms with E-state index in [4.69, 9.17) is 10.9 Å². The molecule has 0 aliphatic heterocycles. The Morgan fingerprint density at radius 1 is 1.67 bits per heavy atom. The maximum Gasteiger partial charge on any atom is 0.0417 e. The molecule has 0 aliphatic carbocycles. The second-order valence-corrected chi connectivity index (χ2v) is 3.32. The van der Waals surface area contributed by atoms with E-state index in [1.165, 1.54) is 0 Å². The molecule has 0 saturated heterocycles. The Bertz CT molecular complexity index is 103. The Balaban J connectivity index is 3.70. The largest absolute Gasteiger partial charge is 0.401 e. The predicted octanol–water partition coefficient (Wildman–Crippen LogP) is 1.14. The molecule has 4 heteroatoms. The van der Waals surface area contributed by atoms with Gasteiger partial charge in [0.25, 0.3) is 0 Å². The number of hydrogen-bond acceptors (Lipinski definition) is 4. The minimum Gasteiger partial charge on any atom is -0.401 e. The standard InChI is InChI=1S/C5H12N2S2/c1-4(8-2)5(6)3-9-7/h3-4H,6-7H2,1-2H3/b5-3+. The van der Waals surface area contributed by atoms with Gasteiger partial charge >= 0.3 is 0 Å². The van der Waals surface area contributed by atoms with E-state index in [9.17, 15) is 0 Å². The average Bonchev–Trinajstić information content (AvgIpc) is 1.87. The third-order valence-electron chi connectivity index (χ3n) is 1.03. The first kappa shape index (κ1) is 9.20. The van der Waals surface area contributed by atoms with Crippen LogP contribution in [0.25, 0.3) is 0 Å². The van der Waals surface area contributed by atoms with Crippen LogP contribution in [-0.4, -0.2) is 11.5 Å². The van der Waals surface area contributed by atoms with Crippen LogP contribution >= 0.6 is 23.7 Å². The molecule has 0 amide bonds. The van der Waals surface area contributed by atoms with Gasteiger partial charge in [-0.25, -0.2) is 0 Å². The second kappa shape index (κ2) is 5.02. The zero-order valence-corrected chi connectivity index (χ0v) is 7.26. The highest BCUT2D eigenvalue weighted by atomic mass is 32.2. The Labute approximate surface area is 64.6 Å². The number of rotatable bonds is 3. The van der Waals surface area contributed by atoms with Gasteiger partial charge in [-0.05, 0) is 13.2 Å². The first-order chi connectivity index (χ1) is 4.22. The first-order valence-corrected chi connectivity index (χ1v) is 4.79. The van der Waals surface area contributed by atoms with Crippen LogP contribution in [0.1, 0.15) is 6.92 Å². The van der Waals surface area contributed by atoms with Crippen molar-refractivity contribution in [3.05, 3.63) is 11.1 Å². The summed E-state index contributed by atoms with van der Waals surface area (Å²) >= 11 is 2.86. The summed E-state index contributed by atoms with van der Waals surface area (Å²) < 4.78 is 0. The van der Waals surface area contributed by atoms with Gasteiger partial charge in [0.05, 0.1) is 0 Å². The summed E-state index contributed by atoms with van der Waals surface area (Å²) in [5.74, 6) is 0. The summed E-state index contributed by atoms with van der Waals surface area (Å²) in [5, 5.41) is 7.31. The van der Waals surface area contributed by atoms with Crippen molar-refractivity contribution >= 4 is 23.7 Å². The normalized spacial score (nSPS) is 15.7. The molecule has 2 nitrogen and oxygen atoms in total. The summed E-state index contributed by atoms with van der Waals surface area (Å²) in [6.07, 6.45) is 2.02. The fourth-order valence-electron chi connectivity index (χ4n) is 0.310. The lowest BCUT2D eigenvalue weighted by molar-refractivity contribution is 1.10. The zero-order chi connectivity index (χ0) is 7.28. The van der Waals surface area contributed by atoms with E-state index in [-0.39, 0.29) is 0 Å². The van der Waals surface area contributed by atoms with Crippen molar-refractivity contribution in [1.29, 1.82) is 0 Å². The molecule has 0 rings (SSSR count). The van der Waals surface area contributed by atoms with Crippen molar-refractivity contribution < 1.29 is 0 Å². The number of thioether (sulfide) groups is 1. The summed E-state index contributed by atoms with van der Waals surface area (Å²) in [5.41, 5.74) is 6.42. The Morgan fingerprint density at radius 3 is 2.56 bits per heavy atom. The van der Waals surface area contributed by atoms with E-state index in [1.807, 2.05) is 13.2 Å². The molecule has 0 heterocycles. The van der Waals surface area contributed by atoms with E-state index in [0.29, 0.717) is 5.25 Å². The van der Waals surface area contributed by atoms with Gasteiger partial charge in [-0.2, -0.15) is 11.8 Å². The van der Waals surface area contributed by atoms with Gasteiger partial charge in [-0.3, -0.25) is 5.14 Å². The molecule has 0 aromatic heterocycles. The van der Waals surface area contributed by atoms with Crippen LogP contribution in [0, 0.1) is 0 Å². The van der Waals surface area contributed by atoms with Crippen LogP contribution in [0.4, 0.5) is 0 Å².